The number of aromatic nitrogens is 2. The van der Waals surface area contributed by atoms with Gasteiger partial charge < -0.3 is 10.2 Å². The van der Waals surface area contributed by atoms with E-state index in [9.17, 15) is 4.79 Å². The summed E-state index contributed by atoms with van der Waals surface area (Å²) < 4.78 is 0. The molecule has 0 unspecified atom stereocenters. The summed E-state index contributed by atoms with van der Waals surface area (Å²) in [6.45, 7) is 2.04. The molecule has 2 aliphatic rings. The molecule has 0 atom stereocenters. The van der Waals surface area contributed by atoms with E-state index in [-0.39, 0.29) is 5.91 Å². The van der Waals surface area contributed by atoms with Crippen LogP contribution in [0.3, 0.4) is 0 Å². The van der Waals surface area contributed by atoms with E-state index in [2.05, 4.69) is 20.2 Å². The van der Waals surface area contributed by atoms with Crippen molar-refractivity contribution < 1.29 is 4.79 Å². The van der Waals surface area contributed by atoms with E-state index < -0.39 is 0 Å². The maximum atomic E-state index is 11.8. The second kappa shape index (κ2) is 4.92. The molecule has 0 bridgehead atoms. The van der Waals surface area contributed by atoms with Gasteiger partial charge in [0.05, 0.1) is 5.56 Å². The van der Waals surface area contributed by atoms with Gasteiger partial charge in [-0.05, 0) is 32.1 Å². The van der Waals surface area contributed by atoms with Crippen molar-refractivity contribution >= 4 is 11.9 Å². The molecule has 96 valence electrons. The van der Waals surface area contributed by atoms with Gasteiger partial charge in [0.1, 0.15) is 0 Å². The van der Waals surface area contributed by atoms with Crippen LogP contribution in [0, 0.1) is 0 Å². The maximum Gasteiger partial charge on any atom is 0.254 e. The number of hydrogen-bond donors (Lipinski definition) is 1. The fourth-order valence-electron chi connectivity index (χ4n) is 2.19. The molecule has 1 aliphatic heterocycles. The monoisotopic (exact) mass is 246 g/mol. The van der Waals surface area contributed by atoms with Gasteiger partial charge in [-0.2, -0.15) is 0 Å². The van der Waals surface area contributed by atoms with Crippen LogP contribution in [0.5, 0.6) is 0 Å². The van der Waals surface area contributed by atoms with Gasteiger partial charge in [0.2, 0.25) is 5.95 Å². The zero-order valence-corrected chi connectivity index (χ0v) is 10.4. The highest BCUT2D eigenvalue weighted by Crippen LogP contribution is 2.19. The molecule has 0 radical (unpaired) electrons. The van der Waals surface area contributed by atoms with Gasteiger partial charge in [-0.25, -0.2) is 9.97 Å². The second-order valence-corrected chi connectivity index (χ2v) is 5.07. The minimum atomic E-state index is -0.0531. The third kappa shape index (κ3) is 2.60. The number of amides is 1. The molecule has 1 saturated heterocycles. The number of nitrogens with zero attached hydrogens (tertiary/aromatic N) is 3. The number of carbonyl (C=O) groups is 1. The summed E-state index contributed by atoms with van der Waals surface area (Å²) in [5.74, 6) is 0.695. The summed E-state index contributed by atoms with van der Waals surface area (Å²) in [5, 5.41) is 2.94. The molecule has 1 aromatic rings. The fourth-order valence-corrected chi connectivity index (χ4v) is 2.19. The Labute approximate surface area is 107 Å². The molecule has 1 aromatic heterocycles. The van der Waals surface area contributed by atoms with E-state index in [1.165, 1.54) is 19.3 Å². The number of piperidine rings is 1. The molecule has 2 fully saturated rings. The molecule has 3 rings (SSSR count). The highest BCUT2D eigenvalue weighted by Gasteiger charge is 2.24. The number of hydrogen-bond acceptors (Lipinski definition) is 4. The SMILES string of the molecule is O=C(NC1CC1)c1cnc(N2CCCCC2)nc1. The summed E-state index contributed by atoms with van der Waals surface area (Å²) in [7, 11) is 0. The van der Waals surface area contributed by atoms with Crippen LogP contribution in [0.4, 0.5) is 5.95 Å². The first-order chi connectivity index (χ1) is 8.83. The fraction of sp³-hybridized carbons (Fsp3) is 0.615. The van der Waals surface area contributed by atoms with Crippen LogP contribution in [-0.4, -0.2) is 35.0 Å². The zero-order chi connectivity index (χ0) is 12.4. The first-order valence-corrected chi connectivity index (χ1v) is 6.71. The minimum absolute atomic E-state index is 0.0531. The molecule has 18 heavy (non-hydrogen) atoms. The van der Waals surface area contributed by atoms with Gasteiger partial charge in [-0.15, -0.1) is 0 Å². The van der Waals surface area contributed by atoms with Crippen molar-refractivity contribution in [1.82, 2.24) is 15.3 Å². The molecule has 1 amide bonds. The lowest BCUT2D eigenvalue weighted by molar-refractivity contribution is 0.0950. The lowest BCUT2D eigenvalue weighted by Gasteiger charge is -2.26. The first kappa shape index (κ1) is 11.4. The Hall–Kier alpha value is -1.65. The van der Waals surface area contributed by atoms with Crippen molar-refractivity contribution in [3.63, 3.8) is 0 Å². The van der Waals surface area contributed by atoms with Crippen molar-refractivity contribution in [3.8, 4) is 0 Å². The molecular weight excluding hydrogens is 228 g/mol. The van der Waals surface area contributed by atoms with Crippen molar-refractivity contribution in [2.24, 2.45) is 0 Å². The Morgan fingerprint density at radius 2 is 1.83 bits per heavy atom. The summed E-state index contributed by atoms with van der Waals surface area (Å²) in [6.07, 6.45) is 9.15. The molecule has 1 aliphatic carbocycles. The van der Waals surface area contributed by atoms with E-state index in [0.717, 1.165) is 31.9 Å². The first-order valence-electron chi connectivity index (χ1n) is 6.71. The number of nitrogens with one attached hydrogen (secondary N) is 1. The summed E-state index contributed by atoms with van der Waals surface area (Å²) in [4.78, 5) is 22.6. The maximum absolute atomic E-state index is 11.8. The minimum Gasteiger partial charge on any atom is -0.349 e. The summed E-state index contributed by atoms with van der Waals surface area (Å²) in [6, 6.07) is 0.374. The Bertz CT molecular complexity index is 421. The molecule has 0 spiro atoms. The molecule has 5 nitrogen and oxygen atoms in total. The number of anilines is 1. The summed E-state index contributed by atoms with van der Waals surface area (Å²) >= 11 is 0. The van der Waals surface area contributed by atoms with Crippen molar-refractivity contribution in [1.29, 1.82) is 0 Å². The highest BCUT2D eigenvalue weighted by molar-refractivity contribution is 5.94. The van der Waals surface area contributed by atoms with Crippen LogP contribution in [0.1, 0.15) is 42.5 Å². The molecular formula is C13H18N4O. The van der Waals surface area contributed by atoms with Gasteiger partial charge in [0.25, 0.3) is 5.91 Å². The largest absolute Gasteiger partial charge is 0.349 e. The Balaban J connectivity index is 1.65. The molecule has 1 saturated carbocycles. The number of carbonyl (C=O) groups excluding carboxylic acids is 1. The van der Waals surface area contributed by atoms with E-state index in [0.29, 0.717) is 11.6 Å². The average Bonchev–Trinajstić information content (AvgIpc) is 3.24. The molecule has 0 aromatic carbocycles. The predicted octanol–water partition coefficient (Wildman–Crippen LogP) is 1.36. The summed E-state index contributed by atoms with van der Waals surface area (Å²) in [5.41, 5.74) is 0.558. The molecule has 1 N–H and O–H groups in total. The van der Waals surface area contributed by atoms with Crippen LogP contribution in [0.25, 0.3) is 0 Å². The lowest BCUT2D eigenvalue weighted by Crippen LogP contribution is -2.31. The van der Waals surface area contributed by atoms with Crippen molar-refractivity contribution in [2.75, 3.05) is 18.0 Å². The highest BCUT2D eigenvalue weighted by atomic mass is 16.1. The van der Waals surface area contributed by atoms with Crippen LogP contribution in [-0.2, 0) is 0 Å². The zero-order valence-electron chi connectivity index (χ0n) is 10.4. The van der Waals surface area contributed by atoms with Gasteiger partial charge in [0.15, 0.2) is 0 Å². The standard InChI is InChI=1S/C13H18N4O/c18-12(16-11-4-5-11)10-8-14-13(15-9-10)17-6-2-1-3-7-17/h8-9,11H,1-7H2,(H,16,18). The van der Waals surface area contributed by atoms with Crippen LogP contribution in [0.15, 0.2) is 12.4 Å². The Morgan fingerprint density at radius 1 is 1.17 bits per heavy atom. The van der Waals surface area contributed by atoms with Crippen LogP contribution in [0.2, 0.25) is 0 Å². The topological polar surface area (TPSA) is 58.1 Å². The number of rotatable bonds is 3. The third-order valence-electron chi connectivity index (χ3n) is 3.45. The van der Waals surface area contributed by atoms with Gasteiger partial charge in [-0.3, -0.25) is 4.79 Å². The van der Waals surface area contributed by atoms with Gasteiger partial charge in [0, 0.05) is 31.5 Å². The lowest BCUT2D eigenvalue weighted by atomic mass is 10.1. The van der Waals surface area contributed by atoms with Crippen LogP contribution < -0.4 is 10.2 Å². The van der Waals surface area contributed by atoms with Crippen molar-refractivity contribution in [3.05, 3.63) is 18.0 Å². The van der Waals surface area contributed by atoms with Crippen molar-refractivity contribution in [2.45, 2.75) is 38.1 Å². The predicted molar refractivity (Wildman–Crippen MR) is 68.6 cm³/mol. The van der Waals surface area contributed by atoms with Gasteiger partial charge >= 0.3 is 0 Å². The molecule has 5 heteroatoms. The average molecular weight is 246 g/mol. The van der Waals surface area contributed by atoms with E-state index >= 15 is 0 Å². The Morgan fingerprint density at radius 3 is 2.44 bits per heavy atom. The molecule has 2 heterocycles. The quantitative estimate of drug-likeness (QED) is 0.875. The van der Waals surface area contributed by atoms with E-state index in [1.807, 2.05) is 0 Å². The van der Waals surface area contributed by atoms with Crippen LogP contribution >= 0.6 is 0 Å². The van der Waals surface area contributed by atoms with E-state index in [4.69, 9.17) is 0 Å². The van der Waals surface area contributed by atoms with Gasteiger partial charge in [-0.1, -0.05) is 0 Å². The Kier molecular flexibility index (Phi) is 3.13. The third-order valence-corrected chi connectivity index (χ3v) is 3.45. The second-order valence-electron chi connectivity index (χ2n) is 5.07. The smallest absolute Gasteiger partial charge is 0.254 e. The van der Waals surface area contributed by atoms with E-state index in [1.54, 1.807) is 12.4 Å². The normalized spacial score (nSPS) is 19.7.